The van der Waals surface area contributed by atoms with Gasteiger partial charge in [-0.3, -0.25) is 5.32 Å². The van der Waals surface area contributed by atoms with Crippen molar-refractivity contribution in [2.75, 3.05) is 26.6 Å². The monoisotopic (exact) mass is 488 g/mol. The molecule has 12 nitrogen and oxygen atoms in total. The fourth-order valence-corrected chi connectivity index (χ4v) is 3.20. The molecule has 0 aliphatic heterocycles. The van der Waals surface area contributed by atoms with E-state index in [-0.39, 0.29) is 41.3 Å². The molecule has 0 atom stereocenters. The molecule has 17 heteroatoms. The van der Waals surface area contributed by atoms with Crippen molar-refractivity contribution < 1.29 is 45.4 Å². The molecule has 0 spiro atoms. The Morgan fingerprint density at radius 3 is 2.09 bits per heavy atom. The number of rotatable bonds is 6. The molecule has 0 saturated heterocycles. The molecule has 169 valence electrons. The number of nitrogens with zero attached hydrogens (tertiary/aromatic N) is 3. The Labute approximate surface area is 201 Å². The maximum absolute atomic E-state index is 13.2. The zero-order valence-electron chi connectivity index (χ0n) is 17.0. The van der Waals surface area contributed by atoms with E-state index in [4.69, 9.17) is 9.47 Å². The number of hydrogen-bond donors (Lipinski definition) is 2. The van der Waals surface area contributed by atoms with Crippen LogP contribution in [0.1, 0.15) is 15.9 Å². The number of sulfonamides is 1. The molecular formula is C15H14F3N5NaO7S. The van der Waals surface area contributed by atoms with Crippen LogP contribution < -0.4 is 19.5 Å². The molecule has 0 unspecified atom stereocenters. The van der Waals surface area contributed by atoms with Crippen LogP contribution in [0.2, 0.25) is 0 Å². The number of alkyl halides is 3. The molecule has 0 fully saturated rings. The third-order valence-corrected chi connectivity index (χ3v) is 4.69. The van der Waals surface area contributed by atoms with Crippen molar-refractivity contribution >= 4 is 57.5 Å². The van der Waals surface area contributed by atoms with E-state index >= 15 is 0 Å². The molecule has 2 aromatic rings. The molecule has 2 aromatic heterocycles. The molecule has 0 bridgehead atoms. The molecule has 32 heavy (non-hydrogen) atoms. The van der Waals surface area contributed by atoms with Crippen LogP contribution in [0.4, 0.5) is 23.9 Å². The molecule has 2 N–H and O–H groups in total. The number of carbonyl (C=O) groups is 2. The van der Waals surface area contributed by atoms with Gasteiger partial charge in [-0.25, -0.2) is 19.3 Å². The average Bonchev–Trinajstić information content (AvgIpc) is 2.70. The van der Waals surface area contributed by atoms with E-state index in [0.29, 0.717) is 12.3 Å². The zero-order chi connectivity index (χ0) is 23.4. The van der Waals surface area contributed by atoms with Gasteiger partial charge in [0.25, 0.3) is 10.0 Å². The molecule has 1 radical (unpaired) electrons. The van der Waals surface area contributed by atoms with Crippen LogP contribution in [-0.2, 0) is 20.9 Å². The number of esters is 1. The largest absolute Gasteiger partial charge is 0.481 e. The SMILES string of the molecule is COC(=O)c1c(C(F)(F)F)ccnc1S(=O)(=O)NC(=O)Nc1nc(OC)cc(OC)n1.[Na]. The fourth-order valence-electron chi connectivity index (χ4n) is 2.15. The van der Waals surface area contributed by atoms with Gasteiger partial charge in [-0.05, 0) is 6.07 Å². The first kappa shape index (κ1) is 27.3. The number of urea groups is 1. The van der Waals surface area contributed by atoms with Gasteiger partial charge in [0.15, 0.2) is 5.03 Å². The Balaban J connectivity index is 0.00000512. The van der Waals surface area contributed by atoms with Crippen molar-refractivity contribution in [1.82, 2.24) is 19.7 Å². The van der Waals surface area contributed by atoms with Gasteiger partial charge in [-0.15, -0.1) is 0 Å². The van der Waals surface area contributed by atoms with E-state index in [2.05, 4.69) is 19.7 Å². The van der Waals surface area contributed by atoms with Gasteiger partial charge in [0.05, 0.1) is 33.0 Å². The average molecular weight is 488 g/mol. The standard InChI is InChI=1S/C15H14F3N5O7S.Na/c1-28-8-6-9(29-2)21-13(20-8)22-14(25)23-31(26,27)11-10(12(24)30-3)7(4-5-19-11)15(16,17)18;/h4-6H,1-3H3,(H2,20,21,22,23,25);. The molecule has 0 aromatic carbocycles. The number of nitrogens with one attached hydrogen (secondary N) is 2. The first-order valence-corrected chi connectivity index (χ1v) is 9.36. The summed E-state index contributed by atoms with van der Waals surface area (Å²) in [4.78, 5) is 34.7. The second-order valence-corrected chi connectivity index (χ2v) is 6.96. The summed E-state index contributed by atoms with van der Waals surface area (Å²) in [5, 5.41) is 0.580. The topological polar surface area (TPSA) is 159 Å². The van der Waals surface area contributed by atoms with Crippen LogP contribution in [0.3, 0.4) is 0 Å². The zero-order valence-corrected chi connectivity index (χ0v) is 19.8. The van der Waals surface area contributed by atoms with Gasteiger partial charge in [-0.2, -0.15) is 31.6 Å². The van der Waals surface area contributed by atoms with E-state index in [1.807, 2.05) is 5.32 Å². The van der Waals surface area contributed by atoms with Gasteiger partial charge in [0, 0.05) is 35.8 Å². The summed E-state index contributed by atoms with van der Waals surface area (Å²) in [6.45, 7) is 0. The molecule has 2 amide bonds. The predicted octanol–water partition coefficient (Wildman–Crippen LogP) is 0.824. The van der Waals surface area contributed by atoms with Crippen LogP contribution in [0.15, 0.2) is 23.4 Å². The second kappa shape index (κ2) is 10.8. The van der Waals surface area contributed by atoms with Crippen LogP contribution in [-0.4, -0.2) is 86.3 Å². The molecule has 0 aliphatic carbocycles. The first-order valence-electron chi connectivity index (χ1n) is 7.88. The molecule has 2 rings (SSSR count). The van der Waals surface area contributed by atoms with Gasteiger partial charge >= 0.3 is 18.2 Å². The summed E-state index contributed by atoms with van der Waals surface area (Å²) in [5.74, 6) is -2.16. The third kappa shape index (κ3) is 6.41. The van der Waals surface area contributed by atoms with Crippen molar-refractivity contribution in [2.24, 2.45) is 0 Å². The van der Waals surface area contributed by atoms with E-state index in [0.717, 1.165) is 7.11 Å². The van der Waals surface area contributed by atoms with Crippen LogP contribution in [0.5, 0.6) is 11.8 Å². The summed E-state index contributed by atoms with van der Waals surface area (Å²) in [7, 11) is -1.81. The maximum Gasteiger partial charge on any atom is 0.417 e. The second-order valence-electron chi connectivity index (χ2n) is 5.36. The summed E-state index contributed by atoms with van der Waals surface area (Å²) in [5.41, 5.74) is -3.01. The predicted molar refractivity (Wildman–Crippen MR) is 101 cm³/mol. The Morgan fingerprint density at radius 2 is 1.62 bits per heavy atom. The minimum absolute atomic E-state index is 0. The number of pyridine rings is 1. The fraction of sp³-hybridized carbons (Fsp3) is 0.267. The van der Waals surface area contributed by atoms with Crippen molar-refractivity contribution in [2.45, 2.75) is 11.2 Å². The quantitative estimate of drug-likeness (QED) is 0.440. The maximum atomic E-state index is 13.2. The van der Waals surface area contributed by atoms with Crippen molar-refractivity contribution in [3.8, 4) is 11.8 Å². The smallest absolute Gasteiger partial charge is 0.417 e. The van der Waals surface area contributed by atoms with Crippen LogP contribution >= 0.6 is 0 Å². The van der Waals surface area contributed by atoms with Crippen molar-refractivity contribution in [3.63, 3.8) is 0 Å². The summed E-state index contributed by atoms with van der Waals surface area (Å²) in [6, 6.07) is 0.182. The van der Waals surface area contributed by atoms with Gasteiger partial charge in [0.2, 0.25) is 17.7 Å². The number of amides is 2. The summed E-state index contributed by atoms with van der Waals surface area (Å²) in [6.07, 6.45) is -4.60. The van der Waals surface area contributed by atoms with E-state index in [1.54, 1.807) is 0 Å². The molecule has 0 saturated carbocycles. The number of carbonyl (C=O) groups excluding carboxylic acids is 2. The minimum Gasteiger partial charge on any atom is -0.481 e. The van der Waals surface area contributed by atoms with E-state index in [9.17, 15) is 31.2 Å². The van der Waals surface area contributed by atoms with Crippen LogP contribution in [0, 0.1) is 0 Å². The number of hydrogen-bond acceptors (Lipinski definition) is 10. The summed E-state index contributed by atoms with van der Waals surface area (Å²) >= 11 is 0. The van der Waals surface area contributed by atoms with Crippen LogP contribution in [0.25, 0.3) is 0 Å². The molecule has 0 aliphatic rings. The van der Waals surface area contributed by atoms with E-state index < -0.39 is 50.3 Å². The van der Waals surface area contributed by atoms with Gasteiger partial charge in [-0.1, -0.05) is 0 Å². The molecule has 2 heterocycles. The molecular weight excluding hydrogens is 474 g/mol. The van der Waals surface area contributed by atoms with E-state index in [1.165, 1.54) is 25.0 Å². The van der Waals surface area contributed by atoms with Crippen molar-refractivity contribution in [3.05, 3.63) is 29.5 Å². The van der Waals surface area contributed by atoms with Gasteiger partial charge < -0.3 is 14.2 Å². The Bertz CT molecular complexity index is 1090. The normalized spacial score (nSPS) is 11.1. The summed E-state index contributed by atoms with van der Waals surface area (Å²) < 4.78 is 80.1. The Morgan fingerprint density at radius 1 is 1.06 bits per heavy atom. The third-order valence-electron chi connectivity index (χ3n) is 3.42. The Kier molecular flexibility index (Phi) is 9.19. The number of methoxy groups -OCH3 is 3. The minimum atomic E-state index is -5.11. The van der Waals surface area contributed by atoms with Gasteiger partial charge in [0.1, 0.15) is 5.56 Å². The number of anilines is 1. The number of halogens is 3. The Hall–Kier alpha value is -2.69. The number of ether oxygens (including phenoxy) is 3. The van der Waals surface area contributed by atoms with Crippen molar-refractivity contribution in [1.29, 1.82) is 0 Å². The number of aromatic nitrogens is 3. The first-order chi connectivity index (χ1) is 14.4.